The van der Waals surface area contributed by atoms with E-state index >= 15 is 0 Å². The molecule has 3 heterocycles. The number of fused-ring (bicyclic) bond motifs is 1. The van der Waals surface area contributed by atoms with E-state index in [4.69, 9.17) is 0 Å². The summed E-state index contributed by atoms with van der Waals surface area (Å²) in [6.45, 7) is 8.84. The SMILES string of the molecule is CC(C)CN1CCCN(C(=O)CCn2ccnc2)Cc2cc(F)ccc2N(C(=O)c2cccnc2)CCC1. The first-order chi connectivity index (χ1) is 18.4. The molecule has 202 valence electrons. The monoisotopic (exact) mass is 520 g/mol. The maximum atomic E-state index is 14.5. The summed E-state index contributed by atoms with van der Waals surface area (Å²) in [7, 11) is 0. The summed E-state index contributed by atoms with van der Waals surface area (Å²) < 4.78 is 16.4. The fourth-order valence-electron chi connectivity index (χ4n) is 4.97. The van der Waals surface area contributed by atoms with Crippen LogP contribution in [0.4, 0.5) is 10.1 Å². The second-order valence-electron chi connectivity index (χ2n) is 10.2. The molecule has 0 unspecified atom stereocenters. The molecule has 4 rings (SSSR count). The average molecular weight is 521 g/mol. The highest BCUT2D eigenvalue weighted by atomic mass is 19.1. The molecule has 1 aliphatic heterocycles. The quantitative estimate of drug-likeness (QED) is 0.486. The first kappa shape index (κ1) is 27.4. The van der Waals surface area contributed by atoms with Crippen LogP contribution in [-0.2, 0) is 17.9 Å². The molecule has 0 fully saturated rings. The van der Waals surface area contributed by atoms with Gasteiger partial charge in [-0.15, -0.1) is 0 Å². The van der Waals surface area contributed by atoms with Crippen LogP contribution in [0.3, 0.4) is 0 Å². The molecule has 1 aliphatic rings. The number of benzene rings is 1. The maximum absolute atomic E-state index is 14.5. The molecule has 0 aliphatic carbocycles. The predicted octanol–water partition coefficient (Wildman–Crippen LogP) is 4.23. The Labute approximate surface area is 224 Å². The van der Waals surface area contributed by atoms with Gasteiger partial charge in [0.2, 0.25) is 5.91 Å². The number of pyridine rings is 1. The first-order valence-electron chi connectivity index (χ1n) is 13.4. The van der Waals surface area contributed by atoms with E-state index in [9.17, 15) is 14.0 Å². The van der Waals surface area contributed by atoms with Crippen LogP contribution in [0, 0.1) is 11.7 Å². The predicted molar refractivity (Wildman–Crippen MR) is 145 cm³/mol. The molecule has 0 radical (unpaired) electrons. The van der Waals surface area contributed by atoms with E-state index in [0.29, 0.717) is 48.8 Å². The van der Waals surface area contributed by atoms with Gasteiger partial charge < -0.3 is 19.3 Å². The zero-order chi connectivity index (χ0) is 26.9. The number of halogens is 1. The van der Waals surface area contributed by atoms with Gasteiger partial charge in [0, 0.05) is 69.6 Å². The molecule has 9 heteroatoms. The third kappa shape index (κ3) is 7.47. The highest BCUT2D eigenvalue weighted by molar-refractivity contribution is 6.06. The van der Waals surface area contributed by atoms with Crippen molar-refractivity contribution in [1.29, 1.82) is 0 Å². The van der Waals surface area contributed by atoms with Crippen molar-refractivity contribution < 1.29 is 14.0 Å². The Morgan fingerprint density at radius 1 is 1.03 bits per heavy atom. The number of nitrogens with zero attached hydrogens (tertiary/aromatic N) is 6. The number of imidazole rings is 1. The third-order valence-corrected chi connectivity index (χ3v) is 6.72. The standard InChI is InChI=1S/C29H37FN6O2/c1-23(2)20-33-12-4-14-35(28(37)9-16-34-17-11-32-22-34)21-25-18-26(30)7-8-27(25)36(15-5-13-33)29(38)24-6-3-10-31-19-24/h3,6-8,10-11,17-19,22-23H,4-5,9,12-16,20-21H2,1-2H3. The zero-order valence-electron chi connectivity index (χ0n) is 22.3. The molecule has 38 heavy (non-hydrogen) atoms. The molecule has 1 aromatic carbocycles. The van der Waals surface area contributed by atoms with Crippen LogP contribution in [0.5, 0.6) is 0 Å². The lowest BCUT2D eigenvalue weighted by atomic mass is 10.1. The van der Waals surface area contributed by atoms with Crippen molar-refractivity contribution in [1.82, 2.24) is 24.3 Å². The summed E-state index contributed by atoms with van der Waals surface area (Å²) in [5, 5.41) is 0. The second-order valence-corrected chi connectivity index (χ2v) is 10.2. The van der Waals surface area contributed by atoms with Crippen LogP contribution in [0.1, 0.15) is 49.0 Å². The lowest BCUT2D eigenvalue weighted by Gasteiger charge is -2.32. The molecule has 8 nitrogen and oxygen atoms in total. The van der Waals surface area contributed by atoms with Gasteiger partial charge in [-0.05, 0) is 67.7 Å². The Hall–Kier alpha value is -3.59. The topological polar surface area (TPSA) is 74.6 Å². The van der Waals surface area contributed by atoms with Gasteiger partial charge in [0.05, 0.1) is 11.9 Å². The molecular weight excluding hydrogens is 483 g/mol. The molecule has 0 N–H and O–H groups in total. The number of aromatic nitrogens is 3. The number of carbonyl (C=O) groups is 2. The fourth-order valence-corrected chi connectivity index (χ4v) is 4.97. The molecule has 2 amide bonds. The Morgan fingerprint density at radius 3 is 2.55 bits per heavy atom. The van der Waals surface area contributed by atoms with E-state index in [0.717, 1.165) is 32.5 Å². The van der Waals surface area contributed by atoms with Gasteiger partial charge in [-0.25, -0.2) is 9.37 Å². The van der Waals surface area contributed by atoms with Crippen molar-refractivity contribution in [3.63, 3.8) is 0 Å². The minimum absolute atomic E-state index is 0.00786. The van der Waals surface area contributed by atoms with Gasteiger partial charge in [-0.2, -0.15) is 0 Å². The lowest BCUT2D eigenvalue weighted by Crippen LogP contribution is -2.40. The first-order valence-corrected chi connectivity index (χ1v) is 13.4. The van der Waals surface area contributed by atoms with Crippen LogP contribution < -0.4 is 4.90 Å². The van der Waals surface area contributed by atoms with Crippen LogP contribution >= 0.6 is 0 Å². The molecule has 0 atom stereocenters. The van der Waals surface area contributed by atoms with Crippen LogP contribution in [0.2, 0.25) is 0 Å². The van der Waals surface area contributed by atoms with Crippen LogP contribution in [-0.4, -0.2) is 68.9 Å². The van der Waals surface area contributed by atoms with Crippen LogP contribution in [0.25, 0.3) is 0 Å². The van der Waals surface area contributed by atoms with Crippen LogP contribution in [0.15, 0.2) is 61.4 Å². The largest absolute Gasteiger partial charge is 0.338 e. The lowest BCUT2D eigenvalue weighted by molar-refractivity contribution is -0.132. The van der Waals surface area contributed by atoms with E-state index < -0.39 is 5.82 Å². The maximum Gasteiger partial charge on any atom is 0.259 e. The summed E-state index contributed by atoms with van der Waals surface area (Å²) in [6.07, 6.45) is 10.3. The Morgan fingerprint density at radius 2 is 1.84 bits per heavy atom. The highest BCUT2D eigenvalue weighted by Crippen LogP contribution is 2.26. The van der Waals surface area contributed by atoms with Gasteiger partial charge in [0.15, 0.2) is 0 Å². The zero-order valence-corrected chi connectivity index (χ0v) is 22.3. The molecule has 0 spiro atoms. The Kier molecular flexibility index (Phi) is 9.59. The smallest absolute Gasteiger partial charge is 0.259 e. The van der Waals surface area contributed by atoms with Gasteiger partial charge >= 0.3 is 0 Å². The summed E-state index contributed by atoms with van der Waals surface area (Å²) >= 11 is 0. The van der Waals surface area contributed by atoms with E-state index in [-0.39, 0.29) is 18.4 Å². The normalized spacial score (nSPS) is 15.6. The van der Waals surface area contributed by atoms with Crippen molar-refractivity contribution in [2.75, 3.05) is 37.6 Å². The summed E-state index contributed by atoms with van der Waals surface area (Å²) in [5.41, 5.74) is 1.73. The number of carbonyl (C=O) groups excluding carboxylic acids is 2. The van der Waals surface area contributed by atoms with E-state index in [1.54, 1.807) is 52.9 Å². The summed E-state index contributed by atoms with van der Waals surface area (Å²) in [6, 6.07) is 7.97. The van der Waals surface area contributed by atoms with Crippen molar-refractivity contribution >= 4 is 17.5 Å². The van der Waals surface area contributed by atoms with E-state index in [1.807, 2.05) is 10.8 Å². The van der Waals surface area contributed by atoms with Crippen molar-refractivity contribution in [2.45, 2.75) is 46.2 Å². The number of hydrogen-bond acceptors (Lipinski definition) is 5. The van der Waals surface area contributed by atoms with E-state index in [1.165, 1.54) is 12.1 Å². The third-order valence-electron chi connectivity index (χ3n) is 6.72. The van der Waals surface area contributed by atoms with Crippen molar-refractivity contribution in [3.05, 3.63) is 78.4 Å². The molecule has 2 aromatic heterocycles. The van der Waals surface area contributed by atoms with Gasteiger partial charge in [0.25, 0.3) is 5.91 Å². The van der Waals surface area contributed by atoms with Crippen molar-refractivity contribution in [2.24, 2.45) is 5.92 Å². The fraction of sp³-hybridized carbons (Fsp3) is 0.448. The van der Waals surface area contributed by atoms with E-state index in [2.05, 4.69) is 28.7 Å². The molecule has 0 saturated heterocycles. The summed E-state index contributed by atoms with van der Waals surface area (Å²) in [5.74, 6) is -0.0749. The molecule has 3 aromatic rings. The number of anilines is 1. The molecule has 0 saturated carbocycles. The number of rotatable bonds is 6. The number of hydrogen-bond donors (Lipinski definition) is 0. The van der Waals surface area contributed by atoms with Crippen molar-refractivity contribution in [3.8, 4) is 0 Å². The highest BCUT2D eigenvalue weighted by Gasteiger charge is 2.24. The molecule has 0 bridgehead atoms. The Balaban J connectivity index is 1.66. The second kappa shape index (κ2) is 13.3. The Bertz CT molecular complexity index is 1190. The van der Waals surface area contributed by atoms with Gasteiger partial charge in [0.1, 0.15) is 5.82 Å². The minimum Gasteiger partial charge on any atom is -0.338 e. The van der Waals surface area contributed by atoms with Gasteiger partial charge in [-0.1, -0.05) is 13.8 Å². The van der Waals surface area contributed by atoms with Gasteiger partial charge in [-0.3, -0.25) is 14.6 Å². The number of amides is 2. The average Bonchev–Trinajstić information content (AvgIpc) is 3.42. The summed E-state index contributed by atoms with van der Waals surface area (Å²) in [4.78, 5) is 41.2. The number of aryl methyl sites for hydroxylation is 1. The molecular formula is C29H37FN6O2. The minimum atomic E-state index is -0.390.